The van der Waals surface area contributed by atoms with E-state index in [4.69, 9.17) is 23.8 Å². The molecule has 3 rings (SSSR count). The van der Waals surface area contributed by atoms with E-state index in [0.29, 0.717) is 22.7 Å². The predicted octanol–water partition coefficient (Wildman–Crippen LogP) is 4.80. The first kappa shape index (κ1) is 22.2. The molecule has 0 unspecified atom stereocenters. The zero-order valence-corrected chi connectivity index (χ0v) is 18.4. The fourth-order valence-corrected chi connectivity index (χ4v) is 3.97. The molecule has 0 aliphatic carbocycles. The topological polar surface area (TPSA) is 61.4 Å². The quantitative estimate of drug-likeness (QED) is 0.651. The second-order valence-corrected chi connectivity index (χ2v) is 8.16. The largest absolute Gasteiger partial charge is 0.339 e. The number of nitrogens with zero attached hydrogens (tertiary/aromatic N) is 1. The first-order chi connectivity index (χ1) is 14.5. The van der Waals surface area contributed by atoms with Gasteiger partial charge in [-0.05, 0) is 55.2 Å². The molecular weight excluding hydrogens is 418 g/mol. The number of aryl methyl sites for hydroxylation is 1. The number of benzene rings is 2. The van der Waals surface area contributed by atoms with Crippen LogP contribution in [0.4, 0.5) is 5.69 Å². The average molecular weight is 444 g/mol. The smallest absolute Gasteiger partial charge is 0.255 e. The normalized spacial score (nSPS) is 14.0. The summed E-state index contributed by atoms with van der Waals surface area (Å²) in [6, 6.07) is 14.7. The summed E-state index contributed by atoms with van der Waals surface area (Å²) in [6.45, 7) is 1.55. The molecule has 0 bridgehead atoms. The molecule has 0 radical (unpaired) electrons. The molecule has 5 nitrogen and oxygen atoms in total. The molecule has 158 valence electrons. The summed E-state index contributed by atoms with van der Waals surface area (Å²) >= 11 is 11.4. The van der Waals surface area contributed by atoms with E-state index in [1.54, 1.807) is 18.2 Å². The minimum absolute atomic E-state index is 0.00662. The highest BCUT2D eigenvalue weighted by Gasteiger charge is 2.20. The van der Waals surface area contributed by atoms with Gasteiger partial charge in [0.1, 0.15) is 0 Å². The maximum Gasteiger partial charge on any atom is 0.255 e. The molecule has 2 aromatic rings. The maximum atomic E-state index is 13.0. The Morgan fingerprint density at radius 2 is 1.63 bits per heavy atom. The van der Waals surface area contributed by atoms with Gasteiger partial charge in [-0.2, -0.15) is 0 Å². The molecular formula is C23H26ClN3O2S. The Morgan fingerprint density at radius 1 is 0.967 bits per heavy atom. The van der Waals surface area contributed by atoms with Gasteiger partial charge in [0.25, 0.3) is 5.91 Å². The number of carbonyl (C=O) groups is 2. The summed E-state index contributed by atoms with van der Waals surface area (Å²) in [7, 11) is 0. The lowest BCUT2D eigenvalue weighted by Gasteiger charge is -2.22. The summed E-state index contributed by atoms with van der Waals surface area (Å²) in [6.07, 6.45) is 5.17. The summed E-state index contributed by atoms with van der Waals surface area (Å²) in [5.74, 6) is -0.211. The molecule has 2 N–H and O–H groups in total. The number of anilines is 1. The third kappa shape index (κ3) is 6.28. The molecule has 0 aromatic heterocycles. The Balaban J connectivity index is 1.58. The first-order valence-electron chi connectivity index (χ1n) is 10.3. The second kappa shape index (κ2) is 11.1. The van der Waals surface area contributed by atoms with Crippen LogP contribution in [0, 0.1) is 0 Å². The van der Waals surface area contributed by atoms with Crippen molar-refractivity contribution in [1.82, 2.24) is 10.2 Å². The predicted molar refractivity (Wildman–Crippen MR) is 125 cm³/mol. The minimum Gasteiger partial charge on any atom is -0.339 e. The van der Waals surface area contributed by atoms with Gasteiger partial charge in [-0.3, -0.25) is 9.59 Å². The van der Waals surface area contributed by atoms with Crippen molar-refractivity contribution in [1.29, 1.82) is 0 Å². The Morgan fingerprint density at radius 3 is 2.37 bits per heavy atom. The van der Waals surface area contributed by atoms with Crippen molar-refractivity contribution >= 4 is 46.4 Å². The van der Waals surface area contributed by atoms with Crippen LogP contribution in [0.1, 0.15) is 48.0 Å². The van der Waals surface area contributed by atoms with Crippen molar-refractivity contribution in [3.8, 4) is 0 Å². The van der Waals surface area contributed by atoms with Crippen LogP contribution < -0.4 is 10.6 Å². The molecule has 30 heavy (non-hydrogen) atoms. The number of amides is 2. The van der Waals surface area contributed by atoms with Crippen LogP contribution in [0.15, 0.2) is 48.5 Å². The number of nitrogens with one attached hydrogen (secondary N) is 2. The zero-order chi connectivity index (χ0) is 21.3. The molecule has 7 heteroatoms. The van der Waals surface area contributed by atoms with E-state index in [-0.39, 0.29) is 23.3 Å². The number of hydrogen-bond acceptors (Lipinski definition) is 3. The minimum atomic E-state index is -0.205. The van der Waals surface area contributed by atoms with Crippen LogP contribution in [0.2, 0.25) is 5.02 Å². The van der Waals surface area contributed by atoms with E-state index >= 15 is 0 Å². The van der Waals surface area contributed by atoms with Crippen LogP contribution in [0.5, 0.6) is 0 Å². The summed E-state index contributed by atoms with van der Waals surface area (Å²) in [5.41, 5.74) is 2.08. The molecule has 2 amide bonds. The molecule has 1 fully saturated rings. The number of rotatable bonds is 5. The number of carbonyl (C=O) groups excluding carboxylic acids is 2. The Labute approximate surface area is 187 Å². The van der Waals surface area contributed by atoms with Gasteiger partial charge in [-0.15, -0.1) is 0 Å². The molecule has 0 saturated carbocycles. The van der Waals surface area contributed by atoms with Crippen molar-refractivity contribution < 1.29 is 9.59 Å². The van der Waals surface area contributed by atoms with Crippen LogP contribution >= 0.6 is 23.8 Å². The van der Waals surface area contributed by atoms with Crippen LogP contribution in [0.25, 0.3) is 0 Å². The van der Waals surface area contributed by atoms with Crippen molar-refractivity contribution in [3.05, 3.63) is 64.7 Å². The van der Waals surface area contributed by atoms with E-state index in [2.05, 4.69) is 10.6 Å². The molecule has 1 saturated heterocycles. The van der Waals surface area contributed by atoms with Gasteiger partial charge in [0.2, 0.25) is 5.91 Å². The highest BCUT2D eigenvalue weighted by Crippen LogP contribution is 2.20. The van der Waals surface area contributed by atoms with Crippen molar-refractivity contribution in [2.24, 2.45) is 0 Å². The number of thiocarbonyl (C=S) groups is 1. The van der Waals surface area contributed by atoms with E-state index in [1.807, 2.05) is 35.2 Å². The van der Waals surface area contributed by atoms with Crippen molar-refractivity contribution in [2.75, 3.05) is 18.4 Å². The molecule has 1 aliphatic heterocycles. The first-order valence-corrected chi connectivity index (χ1v) is 11.1. The second-order valence-electron chi connectivity index (χ2n) is 7.35. The number of hydrogen-bond donors (Lipinski definition) is 2. The number of halogens is 1. The number of para-hydroxylation sites is 1. The van der Waals surface area contributed by atoms with Crippen LogP contribution in [0.3, 0.4) is 0 Å². The van der Waals surface area contributed by atoms with E-state index in [1.165, 1.54) is 0 Å². The summed E-state index contributed by atoms with van der Waals surface area (Å²) < 4.78 is 0. The Bertz CT molecular complexity index is 911. The fraction of sp³-hybridized carbons (Fsp3) is 0.348. The molecule has 0 spiro atoms. The van der Waals surface area contributed by atoms with Gasteiger partial charge in [0, 0.05) is 24.5 Å². The SMILES string of the molecule is O=C(CCc1ccccc1Cl)NC(=S)Nc1ccccc1C(=O)N1CCCCCC1. The fourth-order valence-electron chi connectivity index (χ4n) is 3.51. The van der Waals surface area contributed by atoms with Gasteiger partial charge in [-0.1, -0.05) is 54.8 Å². The van der Waals surface area contributed by atoms with Crippen LogP contribution in [-0.4, -0.2) is 34.9 Å². The zero-order valence-electron chi connectivity index (χ0n) is 16.8. The molecule has 1 heterocycles. The summed E-state index contributed by atoms with van der Waals surface area (Å²) in [4.78, 5) is 27.2. The Kier molecular flexibility index (Phi) is 8.22. The van der Waals surface area contributed by atoms with E-state index < -0.39 is 0 Å². The maximum absolute atomic E-state index is 13.0. The highest BCUT2D eigenvalue weighted by molar-refractivity contribution is 7.80. The highest BCUT2D eigenvalue weighted by atomic mass is 35.5. The molecule has 1 aliphatic rings. The third-order valence-corrected chi connectivity index (χ3v) is 5.70. The van der Waals surface area contributed by atoms with Gasteiger partial charge in [-0.25, -0.2) is 0 Å². The Hall–Kier alpha value is -2.44. The standard InChI is InChI=1S/C23H26ClN3O2S/c24-19-11-5-3-9-17(19)13-14-21(28)26-23(30)25-20-12-6-4-10-18(20)22(29)27-15-7-1-2-8-16-27/h3-6,9-12H,1-2,7-8,13-16H2,(H2,25,26,28,30). The van der Waals surface area contributed by atoms with Gasteiger partial charge in [0.15, 0.2) is 5.11 Å². The van der Waals surface area contributed by atoms with Crippen molar-refractivity contribution in [3.63, 3.8) is 0 Å². The monoisotopic (exact) mass is 443 g/mol. The summed E-state index contributed by atoms with van der Waals surface area (Å²) in [5, 5.41) is 6.52. The van der Waals surface area contributed by atoms with E-state index in [9.17, 15) is 9.59 Å². The lowest BCUT2D eigenvalue weighted by molar-refractivity contribution is -0.119. The molecule has 0 atom stereocenters. The van der Waals surface area contributed by atoms with Gasteiger partial charge in [0.05, 0.1) is 11.3 Å². The molecule has 2 aromatic carbocycles. The van der Waals surface area contributed by atoms with Crippen molar-refractivity contribution in [2.45, 2.75) is 38.5 Å². The van der Waals surface area contributed by atoms with Gasteiger partial charge < -0.3 is 15.5 Å². The lowest BCUT2D eigenvalue weighted by atomic mass is 10.1. The lowest BCUT2D eigenvalue weighted by Crippen LogP contribution is -2.36. The van der Waals surface area contributed by atoms with Gasteiger partial charge >= 0.3 is 0 Å². The third-order valence-electron chi connectivity index (χ3n) is 5.13. The van der Waals surface area contributed by atoms with E-state index in [0.717, 1.165) is 44.3 Å². The van der Waals surface area contributed by atoms with Crippen LogP contribution in [-0.2, 0) is 11.2 Å². The average Bonchev–Trinajstić information content (AvgIpc) is 3.02. The number of likely N-dealkylation sites (tertiary alicyclic amines) is 1.